The van der Waals surface area contributed by atoms with E-state index < -0.39 is 28.5 Å². The molecule has 0 aliphatic carbocycles. The molecular weight excluding hydrogens is 329 g/mol. The van der Waals surface area contributed by atoms with Crippen molar-refractivity contribution in [3.8, 4) is 0 Å². The molecule has 0 aromatic carbocycles. The molecule has 2 rings (SSSR count). The van der Waals surface area contributed by atoms with Gasteiger partial charge in [-0.05, 0) is 26.0 Å². The van der Waals surface area contributed by atoms with Gasteiger partial charge in [-0.2, -0.15) is 18.0 Å². The van der Waals surface area contributed by atoms with Crippen LogP contribution in [0.5, 0.6) is 0 Å². The molecule has 0 saturated heterocycles. The van der Waals surface area contributed by atoms with Crippen LogP contribution in [0.3, 0.4) is 0 Å². The fourth-order valence-electron chi connectivity index (χ4n) is 1.96. The summed E-state index contributed by atoms with van der Waals surface area (Å²) in [6.07, 6.45) is -4.33. The average Bonchev–Trinajstić information content (AvgIpc) is 2.90. The highest BCUT2D eigenvalue weighted by Gasteiger charge is 2.35. The van der Waals surface area contributed by atoms with Gasteiger partial charge in [-0.3, -0.25) is 9.36 Å². The van der Waals surface area contributed by atoms with Crippen LogP contribution < -0.4 is 11.2 Å². The number of nitrogens with zero attached hydrogens (tertiary/aromatic N) is 6. The number of aromatic nitrogens is 6. The molecule has 0 aliphatic rings. The lowest BCUT2D eigenvalue weighted by Crippen LogP contribution is -2.42. The summed E-state index contributed by atoms with van der Waals surface area (Å²) in [4.78, 5) is 25.3. The monoisotopic (exact) mass is 346 g/mol. The second-order valence-corrected chi connectivity index (χ2v) is 6.31. The highest BCUT2D eigenvalue weighted by Crippen LogP contribution is 2.25. The Morgan fingerprint density at radius 1 is 1.17 bits per heavy atom. The Morgan fingerprint density at radius 3 is 2.29 bits per heavy atom. The zero-order valence-corrected chi connectivity index (χ0v) is 13.6. The lowest BCUT2D eigenvalue weighted by molar-refractivity contribution is -0.139. The van der Waals surface area contributed by atoms with E-state index >= 15 is 0 Å². The largest absolute Gasteiger partial charge is 0.423 e. The van der Waals surface area contributed by atoms with E-state index in [0.29, 0.717) is 10.8 Å². The van der Waals surface area contributed by atoms with Gasteiger partial charge in [0, 0.05) is 26.2 Å². The van der Waals surface area contributed by atoms with Crippen LogP contribution in [-0.4, -0.2) is 29.3 Å². The van der Waals surface area contributed by atoms with Crippen LogP contribution in [0.2, 0.25) is 0 Å². The SMILES string of the molecule is Cn1cc(C(F)(F)F)c(=O)n(CCc2nnn(C(C)(C)C)n2)c1=O. The maximum absolute atomic E-state index is 12.9. The van der Waals surface area contributed by atoms with Gasteiger partial charge in [-0.1, -0.05) is 0 Å². The van der Waals surface area contributed by atoms with Gasteiger partial charge < -0.3 is 4.57 Å². The molecule has 24 heavy (non-hydrogen) atoms. The van der Waals surface area contributed by atoms with Crippen molar-refractivity contribution < 1.29 is 13.2 Å². The van der Waals surface area contributed by atoms with Crippen LogP contribution in [0.1, 0.15) is 32.2 Å². The number of aryl methyl sites for hydroxylation is 2. The fraction of sp³-hybridized carbons (Fsp3) is 0.615. The molecule has 2 aromatic rings. The lowest BCUT2D eigenvalue weighted by Gasteiger charge is -2.15. The molecule has 0 atom stereocenters. The van der Waals surface area contributed by atoms with Crippen molar-refractivity contribution in [2.45, 2.75) is 45.5 Å². The predicted octanol–water partition coefficient (Wildman–Crippen LogP) is 0.550. The summed E-state index contributed by atoms with van der Waals surface area (Å²) in [5.41, 5.74) is -4.02. The summed E-state index contributed by atoms with van der Waals surface area (Å²) < 4.78 is 39.9. The van der Waals surface area contributed by atoms with Crippen molar-refractivity contribution in [2.24, 2.45) is 7.05 Å². The molecule has 0 N–H and O–H groups in total. The van der Waals surface area contributed by atoms with Crippen LogP contribution in [0, 0.1) is 0 Å². The second kappa shape index (κ2) is 5.87. The zero-order valence-electron chi connectivity index (χ0n) is 13.6. The minimum atomic E-state index is -4.84. The molecule has 0 amide bonds. The van der Waals surface area contributed by atoms with Crippen LogP contribution in [-0.2, 0) is 31.7 Å². The first-order chi connectivity index (χ1) is 10.9. The van der Waals surface area contributed by atoms with Crippen molar-refractivity contribution in [3.63, 3.8) is 0 Å². The molecule has 0 spiro atoms. The van der Waals surface area contributed by atoms with E-state index in [1.54, 1.807) is 0 Å². The van der Waals surface area contributed by atoms with E-state index in [2.05, 4.69) is 15.4 Å². The van der Waals surface area contributed by atoms with Gasteiger partial charge in [-0.15, -0.1) is 10.2 Å². The molecule has 0 radical (unpaired) electrons. The first kappa shape index (κ1) is 17.9. The van der Waals surface area contributed by atoms with Gasteiger partial charge in [0.25, 0.3) is 5.56 Å². The molecule has 2 heterocycles. The van der Waals surface area contributed by atoms with E-state index in [-0.39, 0.29) is 18.8 Å². The quantitative estimate of drug-likeness (QED) is 0.810. The minimum absolute atomic E-state index is 0.00649. The van der Waals surface area contributed by atoms with E-state index in [1.165, 1.54) is 4.80 Å². The van der Waals surface area contributed by atoms with Crippen LogP contribution in [0.4, 0.5) is 13.2 Å². The maximum Gasteiger partial charge on any atom is 0.423 e. The Morgan fingerprint density at radius 2 is 1.79 bits per heavy atom. The van der Waals surface area contributed by atoms with Crippen molar-refractivity contribution in [1.29, 1.82) is 0 Å². The maximum atomic E-state index is 12.9. The third-order valence-corrected chi connectivity index (χ3v) is 3.25. The molecule has 11 heteroatoms. The van der Waals surface area contributed by atoms with Gasteiger partial charge in [0.2, 0.25) is 0 Å². The molecule has 0 aliphatic heterocycles. The summed E-state index contributed by atoms with van der Waals surface area (Å²) in [6.45, 7) is 5.29. The number of alkyl halides is 3. The molecule has 132 valence electrons. The predicted molar refractivity (Wildman–Crippen MR) is 77.5 cm³/mol. The first-order valence-electron chi connectivity index (χ1n) is 7.08. The Kier molecular flexibility index (Phi) is 4.38. The lowest BCUT2D eigenvalue weighted by atomic mass is 10.1. The smallest absolute Gasteiger partial charge is 0.303 e. The van der Waals surface area contributed by atoms with Gasteiger partial charge in [-0.25, -0.2) is 4.79 Å². The number of rotatable bonds is 3. The standard InChI is InChI=1S/C13H17F3N6O2/c1-12(2,3)22-18-9(17-19-22)5-6-21-10(23)8(13(14,15)16)7-20(4)11(21)24/h7H,5-6H2,1-4H3. The van der Waals surface area contributed by atoms with Crippen LogP contribution >= 0.6 is 0 Å². The number of tetrazole rings is 1. The molecule has 0 saturated carbocycles. The number of hydrogen-bond acceptors (Lipinski definition) is 5. The summed E-state index contributed by atoms with van der Waals surface area (Å²) in [7, 11) is 1.15. The van der Waals surface area contributed by atoms with E-state index in [9.17, 15) is 22.8 Å². The third-order valence-electron chi connectivity index (χ3n) is 3.25. The van der Waals surface area contributed by atoms with Crippen LogP contribution in [0.25, 0.3) is 0 Å². The highest BCUT2D eigenvalue weighted by atomic mass is 19.4. The van der Waals surface area contributed by atoms with Crippen molar-refractivity contribution in [3.05, 3.63) is 38.4 Å². The first-order valence-corrected chi connectivity index (χ1v) is 7.08. The van der Waals surface area contributed by atoms with Crippen molar-refractivity contribution in [2.75, 3.05) is 0 Å². The molecular formula is C13H17F3N6O2. The van der Waals surface area contributed by atoms with Crippen LogP contribution in [0.15, 0.2) is 15.8 Å². The topological polar surface area (TPSA) is 87.6 Å². The molecule has 0 bridgehead atoms. The zero-order chi connectivity index (χ0) is 18.3. The molecule has 8 nitrogen and oxygen atoms in total. The third kappa shape index (κ3) is 3.54. The van der Waals surface area contributed by atoms with E-state index in [0.717, 1.165) is 11.6 Å². The summed E-state index contributed by atoms with van der Waals surface area (Å²) in [5.74, 6) is 0.233. The summed E-state index contributed by atoms with van der Waals surface area (Å²) in [6, 6.07) is 0. The Bertz CT molecular complexity index is 856. The Hall–Kier alpha value is -2.46. The van der Waals surface area contributed by atoms with Gasteiger partial charge in [0.05, 0.1) is 5.54 Å². The highest BCUT2D eigenvalue weighted by molar-refractivity contribution is 5.10. The fourth-order valence-corrected chi connectivity index (χ4v) is 1.96. The van der Waals surface area contributed by atoms with Crippen molar-refractivity contribution in [1.82, 2.24) is 29.3 Å². The average molecular weight is 346 g/mol. The van der Waals surface area contributed by atoms with Gasteiger partial charge in [0.15, 0.2) is 5.82 Å². The Balaban J connectivity index is 2.34. The van der Waals surface area contributed by atoms with E-state index in [1.807, 2.05) is 20.8 Å². The van der Waals surface area contributed by atoms with Crippen molar-refractivity contribution >= 4 is 0 Å². The summed E-state index contributed by atoms with van der Waals surface area (Å²) >= 11 is 0. The Labute approximate surface area is 134 Å². The van der Waals surface area contributed by atoms with E-state index in [4.69, 9.17) is 0 Å². The number of hydrogen-bond donors (Lipinski definition) is 0. The molecule has 0 unspecified atom stereocenters. The van der Waals surface area contributed by atoms with Gasteiger partial charge >= 0.3 is 11.9 Å². The minimum Gasteiger partial charge on any atom is -0.303 e. The number of halogens is 3. The molecule has 0 fully saturated rings. The second-order valence-electron chi connectivity index (χ2n) is 6.31. The molecule has 2 aromatic heterocycles. The normalized spacial score (nSPS) is 12.6. The van der Waals surface area contributed by atoms with Gasteiger partial charge in [0.1, 0.15) is 5.56 Å². The summed E-state index contributed by atoms with van der Waals surface area (Å²) in [5, 5.41) is 11.7.